The zero-order valence-electron chi connectivity index (χ0n) is 14.0. The number of nitrogens with one attached hydrogen (secondary N) is 1. The summed E-state index contributed by atoms with van der Waals surface area (Å²) in [4.78, 5) is 3.57. The molecule has 2 heteroatoms. The molecule has 0 saturated heterocycles. The van der Waals surface area contributed by atoms with E-state index in [0.717, 1.165) is 33.0 Å². The van der Waals surface area contributed by atoms with Gasteiger partial charge in [0.15, 0.2) is 5.58 Å². The van der Waals surface area contributed by atoms with Crippen molar-refractivity contribution in [3.05, 3.63) is 84.9 Å². The molecule has 0 spiro atoms. The summed E-state index contributed by atoms with van der Waals surface area (Å²) in [5, 5.41) is 4.74. The fraction of sp³-hybridized carbons (Fsp3) is 0. The SMILES string of the molecule is c1ccc(-c2ccc3[nH]c4c(ccc5c6ccccc6oc54)c3c2)cc1. The average molecular weight is 333 g/mol. The zero-order chi connectivity index (χ0) is 17.1. The lowest BCUT2D eigenvalue weighted by Gasteiger charge is -2.01. The highest BCUT2D eigenvalue weighted by Crippen LogP contribution is 2.37. The summed E-state index contributed by atoms with van der Waals surface area (Å²) < 4.78 is 6.18. The maximum Gasteiger partial charge on any atom is 0.159 e. The molecule has 0 bridgehead atoms. The second kappa shape index (κ2) is 4.99. The molecule has 4 aromatic carbocycles. The summed E-state index contributed by atoms with van der Waals surface area (Å²) >= 11 is 0. The Kier molecular flexibility index (Phi) is 2.64. The van der Waals surface area contributed by atoms with E-state index in [1.807, 2.05) is 18.2 Å². The van der Waals surface area contributed by atoms with Gasteiger partial charge in [0.1, 0.15) is 5.58 Å². The van der Waals surface area contributed by atoms with Crippen LogP contribution < -0.4 is 0 Å². The van der Waals surface area contributed by atoms with Gasteiger partial charge in [-0.2, -0.15) is 0 Å². The van der Waals surface area contributed by atoms with Crippen molar-refractivity contribution in [1.29, 1.82) is 0 Å². The van der Waals surface area contributed by atoms with Gasteiger partial charge in [-0.3, -0.25) is 0 Å². The van der Waals surface area contributed by atoms with Crippen LogP contribution in [0.5, 0.6) is 0 Å². The maximum absolute atomic E-state index is 6.18. The van der Waals surface area contributed by atoms with Crippen molar-refractivity contribution in [3.8, 4) is 11.1 Å². The molecule has 2 heterocycles. The lowest BCUT2D eigenvalue weighted by molar-refractivity contribution is 0.672. The van der Waals surface area contributed by atoms with Crippen molar-refractivity contribution in [3.63, 3.8) is 0 Å². The molecule has 0 aliphatic carbocycles. The van der Waals surface area contributed by atoms with Gasteiger partial charge in [-0.1, -0.05) is 60.7 Å². The Balaban J connectivity index is 1.70. The first-order valence-electron chi connectivity index (χ1n) is 8.79. The minimum absolute atomic E-state index is 0.929. The first-order valence-corrected chi connectivity index (χ1v) is 8.79. The summed E-state index contributed by atoms with van der Waals surface area (Å²) in [6.07, 6.45) is 0. The predicted octanol–water partition coefficient (Wildman–Crippen LogP) is 6.89. The van der Waals surface area contributed by atoms with Crippen LogP contribution in [0.15, 0.2) is 89.3 Å². The molecule has 26 heavy (non-hydrogen) atoms. The highest BCUT2D eigenvalue weighted by molar-refractivity contribution is 6.20. The fourth-order valence-electron chi connectivity index (χ4n) is 3.96. The zero-order valence-corrected chi connectivity index (χ0v) is 14.0. The van der Waals surface area contributed by atoms with E-state index in [1.54, 1.807) is 0 Å². The average Bonchev–Trinajstić information content (AvgIpc) is 3.26. The van der Waals surface area contributed by atoms with Crippen molar-refractivity contribution in [2.24, 2.45) is 0 Å². The third kappa shape index (κ3) is 1.81. The molecular formula is C24H15NO. The molecular weight excluding hydrogens is 318 g/mol. The molecule has 0 aliphatic heterocycles. The predicted molar refractivity (Wildman–Crippen MR) is 109 cm³/mol. The molecule has 0 amide bonds. The van der Waals surface area contributed by atoms with Crippen LogP contribution in [0, 0.1) is 0 Å². The largest absolute Gasteiger partial charge is 0.454 e. The van der Waals surface area contributed by atoms with E-state index in [2.05, 4.69) is 71.7 Å². The Hall–Kier alpha value is -3.52. The lowest BCUT2D eigenvalue weighted by atomic mass is 10.0. The second-order valence-corrected chi connectivity index (χ2v) is 6.71. The molecule has 0 fully saturated rings. The number of aromatic amines is 1. The van der Waals surface area contributed by atoms with E-state index in [-0.39, 0.29) is 0 Å². The lowest BCUT2D eigenvalue weighted by Crippen LogP contribution is -1.76. The van der Waals surface area contributed by atoms with Crippen LogP contribution in [0.25, 0.3) is 54.9 Å². The van der Waals surface area contributed by atoms with Gasteiger partial charge in [0.25, 0.3) is 0 Å². The van der Waals surface area contributed by atoms with E-state index in [1.165, 1.54) is 21.9 Å². The standard InChI is InChI=1S/C24H15NO/c1-2-6-15(7-3-1)16-10-13-21-20(14-16)18-11-12-19-17-8-4-5-9-22(17)26-24(19)23(18)25-21/h1-14,25H. The van der Waals surface area contributed by atoms with Gasteiger partial charge < -0.3 is 9.40 Å². The van der Waals surface area contributed by atoms with Gasteiger partial charge in [-0.25, -0.2) is 0 Å². The third-order valence-electron chi connectivity index (χ3n) is 5.22. The molecule has 0 unspecified atom stereocenters. The molecule has 1 N–H and O–H groups in total. The topological polar surface area (TPSA) is 28.9 Å². The molecule has 0 atom stereocenters. The maximum atomic E-state index is 6.18. The van der Waals surface area contributed by atoms with Crippen LogP contribution in [-0.2, 0) is 0 Å². The summed E-state index contributed by atoms with van der Waals surface area (Å²) in [6, 6.07) is 29.7. The van der Waals surface area contributed by atoms with Crippen LogP contribution >= 0.6 is 0 Å². The number of rotatable bonds is 1. The van der Waals surface area contributed by atoms with Crippen LogP contribution in [0.4, 0.5) is 0 Å². The number of para-hydroxylation sites is 1. The number of fused-ring (bicyclic) bond motifs is 7. The van der Waals surface area contributed by atoms with Gasteiger partial charge in [-0.15, -0.1) is 0 Å². The van der Waals surface area contributed by atoms with Gasteiger partial charge >= 0.3 is 0 Å². The number of H-pyrrole nitrogens is 1. The highest BCUT2D eigenvalue weighted by atomic mass is 16.3. The Labute approximate surface area is 149 Å². The monoisotopic (exact) mass is 333 g/mol. The van der Waals surface area contributed by atoms with E-state index < -0.39 is 0 Å². The Morgan fingerprint density at radius 2 is 1.38 bits per heavy atom. The first-order chi connectivity index (χ1) is 12.9. The fourth-order valence-corrected chi connectivity index (χ4v) is 3.96. The second-order valence-electron chi connectivity index (χ2n) is 6.71. The first kappa shape index (κ1) is 13.7. The van der Waals surface area contributed by atoms with E-state index >= 15 is 0 Å². The van der Waals surface area contributed by atoms with E-state index in [0.29, 0.717) is 0 Å². The number of hydrogen-bond acceptors (Lipinski definition) is 1. The molecule has 2 aromatic heterocycles. The summed E-state index contributed by atoms with van der Waals surface area (Å²) in [6.45, 7) is 0. The van der Waals surface area contributed by atoms with Crippen molar-refractivity contribution < 1.29 is 4.42 Å². The minimum Gasteiger partial charge on any atom is -0.454 e. The van der Waals surface area contributed by atoms with E-state index in [4.69, 9.17) is 4.42 Å². The summed E-state index contributed by atoms with van der Waals surface area (Å²) in [5.74, 6) is 0. The Bertz CT molecular complexity index is 1420. The number of furan rings is 1. The molecule has 0 radical (unpaired) electrons. The van der Waals surface area contributed by atoms with E-state index in [9.17, 15) is 0 Å². The normalized spacial score (nSPS) is 11.8. The number of hydrogen-bond donors (Lipinski definition) is 1. The van der Waals surface area contributed by atoms with Crippen molar-refractivity contribution in [2.45, 2.75) is 0 Å². The third-order valence-corrected chi connectivity index (χ3v) is 5.22. The molecule has 0 aliphatic rings. The highest BCUT2D eigenvalue weighted by Gasteiger charge is 2.14. The molecule has 2 nitrogen and oxygen atoms in total. The molecule has 6 aromatic rings. The van der Waals surface area contributed by atoms with Gasteiger partial charge in [0.05, 0.1) is 5.52 Å². The quantitative estimate of drug-likeness (QED) is 0.349. The van der Waals surface area contributed by atoms with Crippen LogP contribution in [0.1, 0.15) is 0 Å². The summed E-state index contributed by atoms with van der Waals surface area (Å²) in [7, 11) is 0. The van der Waals surface area contributed by atoms with Gasteiger partial charge in [-0.05, 0) is 35.4 Å². The van der Waals surface area contributed by atoms with Crippen LogP contribution in [0.2, 0.25) is 0 Å². The molecule has 0 saturated carbocycles. The molecule has 6 rings (SSSR count). The van der Waals surface area contributed by atoms with Crippen molar-refractivity contribution >= 4 is 43.7 Å². The van der Waals surface area contributed by atoms with Crippen molar-refractivity contribution in [2.75, 3.05) is 0 Å². The van der Waals surface area contributed by atoms with Gasteiger partial charge in [0.2, 0.25) is 0 Å². The smallest absolute Gasteiger partial charge is 0.159 e. The van der Waals surface area contributed by atoms with Crippen LogP contribution in [-0.4, -0.2) is 4.98 Å². The number of benzene rings is 4. The van der Waals surface area contributed by atoms with Crippen molar-refractivity contribution in [1.82, 2.24) is 4.98 Å². The Morgan fingerprint density at radius 1 is 0.577 bits per heavy atom. The Morgan fingerprint density at radius 3 is 2.31 bits per heavy atom. The molecule has 122 valence electrons. The number of aromatic nitrogens is 1. The van der Waals surface area contributed by atoms with Gasteiger partial charge in [0, 0.05) is 27.1 Å². The minimum atomic E-state index is 0.929. The van der Waals surface area contributed by atoms with Crippen LogP contribution in [0.3, 0.4) is 0 Å². The summed E-state index contributed by atoms with van der Waals surface area (Å²) in [5.41, 5.74) is 6.52.